The first-order valence-corrected chi connectivity index (χ1v) is 7.41. The molecule has 0 saturated carbocycles. The molecular weight excluding hydrogens is 290 g/mol. The molecule has 0 aliphatic carbocycles. The topological polar surface area (TPSA) is 66.6 Å². The van der Waals surface area contributed by atoms with E-state index in [2.05, 4.69) is 0 Å². The largest absolute Gasteiger partial charge is 0.368 e. The number of carbonyl (C=O) groups is 2. The fourth-order valence-electron chi connectivity index (χ4n) is 2.43. The number of hydrogen-bond donors (Lipinski definition) is 1. The first-order valence-electron chi connectivity index (χ1n) is 7.03. The minimum absolute atomic E-state index is 0.101. The lowest BCUT2D eigenvalue weighted by atomic mass is 10.1. The normalized spacial score (nSPS) is 17.5. The second kappa shape index (κ2) is 6.91. The lowest BCUT2D eigenvalue weighted by Crippen LogP contribution is -2.54. The first-order chi connectivity index (χ1) is 9.97. The van der Waals surface area contributed by atoms with Gasteiger partial charge in [0.05, 0.1) is 12.5 Å². The van der Waals surface area contributed by atoms with E-state index in [4.69, 9.17) is 17.3 Å². The predicted molar refractivity (Wildman–Crippen MR) is 82.0 cm³/mol. The van der Waals surface area contributed by atoms with E-state index in [1.807, 2.05) is 21.9 Å². The molecule has 0 bridgehead atoms. The molecule has 114 valence electrons. The molecule has 0 spiro atoms. The summed E-state index contributed by atoms with van der Waals surface area (Å²) in [5.74, 6) is -0.223. The summed E-state index contributed by atoms with van der Waals surface area (Å²) in [6, 6.07) is 7.03. The standard InChI is InChI=1S/C15H20ClN3O2/c1-11(15(17)21)18-6-8-19(9-7-18)14(20)10-12-2-4-13(16)5-3-12/h2-5,11H,6-10H2,1H3,(H2,17,21). The predicted octanol–water partition coefficient (Wildman–Crippen LogP) is 0.901. The lowest BCUT2D eigenvalue weighted by molar-refractivity contribution is -0.133. The highest BCUT2D eigenvalue weighted by Gasteiger charge is 2.26. The van der Waals surface area contributed by atoms with Crippen molar-refractivity contribution in [1.29, 1.82) is 0 Å². The van der Waals surface area contributed by atoms with Crippen molar-refractivity contribution in [3.05, 3.63) is 34.9 Å². The summed E-state index contributed by atoms with van der Waals surface area (Å²) in [7, 11) is 0. The highest BCUT2D eigenvalue weighted by Crippen LogP contribution is 2.12. The van der Waals surface area contributed by atoms with Crippen LogP contribution in [0.5, 0.6) is 0 Å². The van der Waals surface area contributed by atoms with Crippen LogP contribution in [0.3, 0.4) is 0 Å². The third-order valence-electron chi connectivity index (χ3n) is 3.90. The van der Waals surface area contributed by atoms with Gasteiger partial charge in [0.1, 0.15) is 0 Å². The first kappa shape index (κ1) is 15.8. The van der Waals surface area contributed by atoms with Crippen molar-refractivity contribution in [3.63, 3.8) is 0 Å². The van der Waals surface area contributed by atoms with Crippen LogP contribution >= 0.6 is 11.6 Å². The highest BCUT2D eigenvalue weighted by molar-refractivity contribution is 6.30. The fraction of sp³-hybridized carbons (Fsp3) is 0.467. The van der Waals surface area contributed by atoms with E-state index in [0.29, 0.717) is 37.6 Å². The molecule has 1 aliphatic rings. The number of nitrogens with zero attached hydrogens (tertiary/aromatic N) is 2. The zero-order valence-corrected chi connectivity index (χ0v) is 12.8. The third kappa shape index (κ3) is 4.19. The number of halogens is 1. The maximum Gasteiger partial charge on any atom is 0.234 e. The summed E-state index contributed by atoms with van der Waals surface area (Å²) in [5.41, 5.74) is 6.26. The van der Waals surface area contributed by atoms with Crippen molar-refractivity contribution in [2.45, 2.75) is 19.4 Å². The zero-order chi connectivity index (χ0) is 15.4. The molecular formula is C15H20ClN3O2. The smallest absolute Gasteiger partial charge is 0.234 e. The summed E-state index contributed by atoms with van der Waals surface area (Å²) in [6.45, 7) is 4.41. The number of primary amides is 1. The molecule has 5 nitrogen and oxygen atoms in total. The highest BCUT2D eigenvalue weighted by atomic mass is 35.5. The van der Waals surface area contributed by atoms with E-state index in [1.165, 1.54) is 0 Å². The maximum atomic E-state index is 12.2. The second-order valence-corrected chi connectivity index (χ2v) is 5.73. The van der Waals surface area contributed by atoms with E-state index in [1.54, 1.807) is 19.1 Å². The van der Waals surface area contributed by atoms with E-state index < -0.39 is 0 Å². The van der Waals surface area contributed by atoms with Crippen molar-refractivity contribution >= 4 is 23.4 Å². The number of carbonyl (C=O) groups excluding carboxylic acids is 2. The van der Waals surface area contributed by atoms with Crippen LogP contribution < -0.4 is 5.73 Å². The minimum atomic E-state index is -0.323. The number of rotatable bonds is 4. The van der Waals surface area contributed by atoms with Gasteiger partial charge in [0.25, 0.3) is 0 Å². The van der Waals surface area contributed by atoms with E-state index in [9.17, 15) is 9.59 Å². The molecule has 1 fully saturated rings. The van der Waals surface area contributed by atoms with Gasteiger partial charge in [-0.05, 0) is 24.6 Å². The molecule has 2 rings (SSSR count). The van der Waals surface area contributed by atoms with Gasteiger partial charge < -0.3 is 10.6 Å². The van der Waals surface area contributed by atoms with Crippen LogP contribution in [0.2, 0.25) is 5.02 Å². The number of benzene rings is 1. The van der Waals surface area contributed by atoms with Gasteiger partial charge in [-0.3, -0.25) is 14.5 Å². The van der Waals surface area contributed by atoms with Crippen LogP contribution in [0.15, 0.2) is 24.3 Å². The molecule has 0 radical (unpaired) electrons. The van der Waals surface area contributed by atoms with Gasteiger partial charge in [-0.25, -0.2) is 0 Å². The Labute approximate surface area is 129 Å². The third-order valence-corrected chi connectivity index (χ3v) is 4.15. The van der Waals surface area contributed by atoms with Gasteiger partial charge in [0, 0.05) is 31.2 Å². The summed E-state index contributed by atoms with van der Waals surface area (Å²) in [5, 5.41) is 0.667. The minimum Gasteiger partial charge on any atom is -0.368 e. The summed E-state index contributed by atoms with van der Waals surface area (Å²) >= 11 is 5.83. The molecule has 1 unspecified atom stereocenters. The Balaban J connectivity index is 1.85. The molecule has 0 aromatic heterocycles. The van der Waals surface area contributed by atoms with Gasteiger partial charge in [0.2, 0.25) is 11.8 Å². The van der Waals surface area contributed by atoms with Crippen LogP contribution in [0, 0.1) is 0 Å². The zero-order valence-electron chi connectivity index (χ0n) is 12.1. The van der Waals surface area contributed by atoms with Crippen LogP contribution in [0.4, 0.5) is 0 Å². The van der Waals surface area contributed by atoms with Crippen molar-refractivity contribution in [2.75, 3.05) is 26.2 Å². The van der Waals surface area contributed by atoms with Gasteiger partial charge in [-0.2, -0.15) is 0 Å². The van der Waals surface area contributed by atoms with Gasteiger partial charge in [0.15, 0.2) is 0 Å². The van der Waals surface area contributed by atoms with Crippen molar-refractivity contribution in [2.24, 2.45) is 5.73 Å². The Bertz CT molecular complexity index is 510. The molecule has 1 aromatic rings. The Hall–Kier alpha value is -1.59. The molecule has 21 heavy (non-hydrogen) atoms. The second-order valence-electron chi connectivity index (χ2n) is 5.30. The molecule has 1 aromatic carbocycles. The van der Waals surface area contributed by atoms with Crippen LogP contribution in [0.25, 0.3) is 0 Å². The van der Waals surface area contributed by atoms with E-state index in [0.717, 1.165) is 5.56 Å². The molecule has 1 heterocycles. The van der Waals surface area contributed by atoms with E-state index >= 15 is 0 Å². The van der Waals surface area contributed by atoms with Gasteiger partial charge in [-0.1, -0.05) is 23.7 Å². The Kier molecular flexibility index (Phi) is 5.20. The van der Waals surface area contributed by atoms with Crippen LogP contribution in [-0.2, 0) is 16.0 Å². The van der Waals surface area contributed by atoms with Crippen molar-refractivity contribution < 1.29 is 9.59 Å². The fourth-order valence-corrected chi connectivity index (χ4v) is 2.55. The number of nitrogens with two attached hydrogens (primary N) is 1. The summed E-state index contributed by atoms with van der Waals surface area (Å²) in [6.07, 6.45) is 0.378. The molecule has 1 aliphatic heterocycles. The van der Waals surface area contributed by atoms with Crippen molar-refractivity contribution in [3.8, 4) is 0 Å². The van der Waals surface area contributed by atoms with Crippen LogP contribution in [-0.4, -0.2) is 53.8 Å². The maximum absolute atomic E-state index is 12.2. The lowest BCUT2D eigenvalue weighted by Gasteiger charge is -2.37. The average molecular weight is 310 g/mol. The Morgan fingerprint density at radius 3 is 2.29 bits per heavy atom. The number of hydrogen-bond acceptors (Lipinski definition) is 3. The average Bonchev–Trinajstić information content (AvgIpc) is 2.49. The summed E-state index contributed by atoms with van der Waals surface area (Å²) in [4.78, 5) is 27.3. The molecule has 1 saturated heterocycles. The molecule has 2 N–H and O–H groups in total. The van der Waals surface area contributed by atoms with Gasteiger partial charge in [-0.15, -0.1) is 0 Å². The Morgan fingerprint density at radius 1 is 1.19 bits per heavy atom. The Morgan fingerprint density at radius 2 is 1.76 bits per heavy atom. The number of piperazine rings is 1. The van der Waals surface area contributed by atoms with Gasteiger partial charge >= 0.3 is 0 Å². The molecule has 2 amide bonds. The van der Waals surface area contributed by atoms with Crippen molar-refractivity contribution in [1.82, 2.24) is 9.80 Å². The SMILES string of the molecule is CC(C(N)=O)N1CCN(C(=O)Cc2ccc(Cl)cc2)CC1. The van der Waals surface area contributed by atoms with Crippen LogP contribution in [0.1, 0.15) is 12.5 Å². The van der Waals surface area contributed by atoms with E-state index in [-0.39, 0.29) is 17.9 Å². The summed E-state index contributed by atoms with van der Waals surface area (Å²) < 4.78 is 0. The monoisotopic (exact) mass is 309 g/mol. The quantitative estimate of drug-likeness (QED) is 0.898. The molecule has 6 heteroatoms. The number of amides is 2. The molecule has 1 atom stereocenters.